The molecule has 0 bridgehead atoms. The molecule has 0 saturated heterocycles. The molecule has 0 radical (unpaired) electrons. The molecule has 5 aromatic carbocycles. The van der Waals surface area contributed by atoms with Crippen molar-refractivity contribution in [2.45, 2.75) is 5.60 Å². The quantitative estimate of drug-likeness (QED) is 0.0790. The van der Waals surface area contributed by atoms with Gasteiger partial charge in [0.1, 0.15) is 11.5 Å². The molecular formula is C42H36Br4N2O4. The average Bonchev–Trinajstić information content (AvgIpc) is 3.45. The van der Waals surface area contributed by atoms with Crippen LogP contribution >= 0.6 is 63.7 Å². The van der Waals surface area contributed by atoms with Crippen molar-refractivity contribution in [1.29, 1.82) is 0 Å². The zero-order valence-electron chi connectivity index (χ0n) is 29.4. The Balaban J connectivity index is 1.74. The minimum atomic E-state index is -1.40. The Bertz CT molecular complexity index is 2060. The SMILES string of the molecule is COc1ccc(/C(=C/C2(/C=C(/c3ccc(OC)cc3)c3ccc(N(C)C)cc3)OC(=O)c3c(Br)c(Br)c(Br)c(Br)c32)c2ccc(N(C)C)cc2)cc1. The maximum Gasteiger partial charge on any atom is 0.341 e. The van der Waals surface area contributed by atoms with Crippen LogP contribution in [0.1, 0.15) is 38.2 Å². The van der Waals surface area contributed by atoms with Crippen molar-refractivity contribution in [3.8, 4) is 11.5 Å². The summed E-state index contributed by atoms with van der Waals surface area (Å²) in [6.45, 7) is 0. The molecule has 1 heterocycles. The number of carbonyl (C=O) groups is 1. The Labute approximate surface area is 338 Å². The maximum atomic E-state index is 14.2. The highest BCUT2D eigenvalue weighted by molar-refractivity contribution is 9.15. The van der Waals surface area contributed by atoms with Crippen molar-refractivity contribution in [1.82, 2.24) is 0 Å². The molecule has 0 saturated carbocycles. The first kappa shape index (κ1) is 37.9. The molecule has 5 aromatic rings. The highest BCUT2D eigenvalue weighted by Crippen LogP contribution is 2.53. The van der Waals surface area contributed by atoms with Gasteiger partial charge in [0.05, 0.1) is 19.8 Å². The lowest BCUT2D eigenvalue weighted by molar-refractivity contribution is 0.0298. The molecule has 10 heteroatoms. The number of anilines is 2. The van der Waals surface area contributed by atoms with Crippen LogP contribution in [0.15, 0.2) is 127 Å². The molecule has 52 heavy (non-hydrogen) atoms. The molecular weight excluding hydrogens is 916 g/mol. The van der Waals surface area contributed by atoms with Gasteiger partial charge in [-0.15, -0.1) is 0 Å². The van der Waals surface area contributed by atoms with Crippen LogP contribution in [-0.4, -0.2) is 48.4 Å². The summed E-state index contributed by atoms with van der Waals surface area (Å²) in [4.78, 5) is 18.3. The van der Waals surface area contributed by atoms with Crippen LogP contribution in [0.25, 0.3) is 11.1 Å². The Morgan fingerprint density at radius 1 is 0.558 bits per heavy atom. The van der Waals surface area contributed by atoms with Crippen LogP contribution in [0, 0.1) is 0 Å². The summed E-state index contributed by atoms with van der Waals surface area (Å²) < 4.78 is 20.4. The second-order valence-corrected chi connectivity index (χ2v) is 15.8. The zero-order valence-corrected chi connectivity index (χ0v) is 35.8. The third-order valence-corrected chi connectivity index (χ3v) is 13.8. The number of hydrogen-bond donors (Lipinski definition) is 0. The summed E-state index contributed by atoms with van der Waals surface area (Å²) in [5, 5.41) is 0. The van der Waals surface area contributed by atoms with Crippen molar-refractivity contribution >= 4 is 92.2 Å². The number of benzene rings is 5. The van der Waals surface area contributed by atoms with E-state index in [2.05, 4.69) is 134 Å². The highest BCUT2D eigenvalue weighted by Gasteiger charge is 2.48. The molecule has 0 amide bonds. The molecule has 6 nitrogen and oxygen atoms in total. The number of fused-ring (bicyclic) bond motifs is 1. The van der Waals surface area contributed by atoms with Gasteiger partial charge in [-0.1, -0.05) is 48.5 Å². The predicted octanol–water partition coefficient (Wildman–Crippen LogP) is 11.5. The fourth-order valence-corrected chi connectivity index (χ4v) is 8.80. The van der Waals surface area contributed by atoms with E-state index < -0.39 is 11.6 Å². The van der Waals surface area contributed by atoms with E-state index in [9.17, 15) is 4.79 Å². The summed E-state index contributed by atoms with van der Waals surface area (Å²) in [6, 6.07) is 32.5. The monoisotopic (exact) mass is 948 g/mol. The molecule has 0 fully saturated rings. The van der Waals surface area contributed by atoms with Crippen molar-refractivity contribution < 1.29 is 19.0 Å². The van der Waals surface area contributed by atoms with Gasteiger partial charge in [-0.05, 0) is 158 Å². The van der Waals surface area contributed by atoms with E-state index in [4.69, 9.17) is 14.2 Å². The third-order valence-electron chi connectivity index (χ3n) is 9.03. The van der Waals surface area contributed by atoms with Gasteiger partial charge in [0.25, 0.3) is 0 Å². The van der Waals surface area contributed by atoms with Gasteiger partial charge in [0.15, 0.2) is 5.60 Å². The molecule has 0 N–H and O–H groups in total. The third kappa shape index (κ3) is 7.36. The topological polar surface area (TPSA) is 51.2 Å². The lowest BCUT2D eigenvalue weighted by Gasteiger charge is -2.28. The summed E-state index contributed by atoms with van der Waals surface area (Å²) >= 11 is 15.0. The lowest BCUT2D eigenvalue weighted by atomic mass is 9.83. The Morgan fingerprint density at radius 3 is 1.25 bits per heavy atom. The van der Waals surface area contributed by atoms with Crippen molar-refractivity contribution in [3.05, 3.63) is 160 Å². The van der Waals surface area contributed by atoms with Gasteiger partial charge in [-0.2, -0.15) is 0 Å². The van der Waals surface area contributed by atoms with Gasteiger partial charge in [-0.25, -0.2) is 4.79 Å². The number of halogens is 4. The minimum Gasteiger partial charge on any atom is -0.497 e. The normalized spacial score (nSPS) is 13.8. The maximum absolute atomic E-state index is 14.2. The second kappa shape index (κ2) is 15.6. The van der Waals surface area contributed by atoms with E-state index in [1.54, 1.807) is 14.2 Å². The Hall–Kier alpha value is -3.83. The van der Waals surface area contributed by atoms with Crippen LogP contribution in [0.2, 0.25) is 0 Å². The molecule has 1 aliphatic heterocycles. The van der Waals surface area contributed by atoms with E-state index in [1.165, 1.54) is 0 Å². The van der Waals surface area contributed by atoms with Crippen LogP contribution in [0.3, 0.4) is 0 Å². The van der Waals surface area contributed by atoms with Crippen molar-refractivity contribution in [2.24, 2.45) is 0 Å². The smallest absolute Gasteiger partial charge is 0.341 e. The van der Waals surface area contributed by atoms with Crippen LogP contribution in [0.4, 0.5) is 11.4 Å². The van der Waals surface area contributed by atoms with Gasteiger partial charge >= 0.3 is 5.97 Å². The van der Waals surface area contributed by atoms with Crippen molar-refractivity contribution in [3.63, 3.8) is 0 Å². The first-order valence-electron chi connectivity index (χ1n) is 16.3. The fraction of sp³-hybridized carbons (Fsp3) is 0.167. The predicted molar refractivity (Wildman–Crippen MR) is 226 cm³/mol. The van der Waals surface area contributed by atoms with Crippen molar-refractivity contribution in [2.75, 3.05) is 52.2 Å². The molecule has 0 spiro atoms. The molecule has 0 aromatic heterocycles. The number of ether oxygens (including phenoxy) is 3. The number of rotatable bonds is 10. The summed E-state index contributed by atoms with van der Waals surface area (Å²) in [6.07, 6.45) is 4.11. The largest absolute Gasteiger partial charge is 0.497 e. The van der Waals surface area contributed by atoms with Gasteiger partial charge in [-0.3, -0.25) is 0 Å². The first-order chi connectivity index (χ1) is 24.9. The van der Waals surface area contributed by atoms with Crippen LogP contribution in [0.5, 0.6) is 11.5 Å². The Kier molecular flexibility index (Phi) is 11.4. The highest BCUT2D eigenvalue weighted by atomic mass is 79.9. The van der Waals surface area contributed by atoms with E-state index in [0.717, 1.165) is 60.7 Å². The molecule has 0 atom stereocenters. The second-order valence-electron chi connectivity index (χ2n) is 12.6. The number of cyclic esters (lactones) is 1. The molecule has 0 unspecified atom stereocenters. The molecule has 0 aliphatic carbocycles. The van der Waals surface area contributed by atoms with Gasteiger partial charge in [0, 0.05) is 63.0 Å². The zero-order chi connectivity index (χ0) is 37.3. The molecule has 6 rings (SSSR count). The lowest BCUT2D eigenvalue weighted by Crippen LogP contribution is -2.23. The van der Waals surface area contributed by atoms with Crippen LogP contribution in [-0.2, 0) is 10.3 Å². The number of nitrogens with zero attached hydrogens (tertiary/aromatic N) is 2. The Morgan fingerprint density at radius 2 is 0.904 bits per heavy atom. The van der Waals surface area contributed by atoms with E-state index in [-0.39, 0.29) is 0 Å². The first-order valence-corrected chi connectivity index (χ1v) is 19.4. The molecule has 1 aliphatic rings. The van der Waals surface area contributed by atoms with Gasteiger partial charge < -0.3 is 24.0 Å². The van der Waals surface area contributed by atoms with Gasteiger partial charge in [0.2, 0.25) is 0 Å². The fourth-order valence-electron chi connectivity index (χ4n) is 6.21. The van der Waals surface area contributed by atoms with E-state index in [0.29, 0.717) is 24.5 Å². The van der Waals surface area contributed by atoms with E-state index in [1.807, 2.05) is 76.7 Å². The summed E-state index contributed by atoms with van der Waals surface area (Å²) in [7, 11) is 11.4. The minimum absolute atomic E-state index is 0.420. The number of esters is 1. The van der Waals surface area contributed by atoms with Crippen LogP contribution < -0.4 is 19.3 Å². The number of carbonyl (C=O) groups excluding carboxylic acids is 1. The van der Waals surface area contributed by atoms with E-state index >= 15 is 0 Å². The number of methoxy groups -OCH3 is 2. The average molecular weight is 952 g/mol. The summed E-state index contributed by atoms with van der Waals surface area (Å²) in [5.41, 5.74) is 7.26. The summed E-state index contributed by atoms with van der Waals surface area (Å²) in [5.74, 6) is 1.01. The standard InChI is InChI=1S/C42H36Br4N2O4/c1-47(2)29-15-7-25(8-16-29)33(27-11-19-31(50-5)20-12-27)23-42(36-35(41(49)52-42)37(43)39(45)40(46)38(36)44)24-34(28-13-21-32(51-6)22-14-28)26-9-17-30(18-10-26)48(3)4/h7-24H,1-6H3/b33-23+,34-24+. The molecule has 266 valence electrons. The number of hydrogen-bond acceptors (Lipinski definition) is 6.